The fourth-order valence-corrected chi connectivity index (χ4v) is 19.7. The lowest BCUT2D eigenvalue weighted by Gasteiger charge is -2.43. The van der Waals surface area contributed by atoms with E-state index in [1.807, 2.05) is 13.8 Å². The molecule has 0 aliphatic rings. The largest absolute Gasteiger partial charge is 0.399 e. The maximum absolute atomic E-state index is 6.39. The highest BCUT2D eigenvalue weighted by atomic mass is 29.6. The predicted molar refractivity (Wildman–Crippen MR) is 112 cm³/mol. The van der Waals surface area contributed by atoms with Crippen LogP contribution >= 0.6 is 0 Å². The minimum atomic E-state index is -2.71. The van der Waals surface area contributed by atoms with Crippen LogP contribution in [0.4, 0.5) is 0 Å². The second-order valence-corrected chi connectivity index (χ2v) is 18.9. The summed E-state index contributed by atoms with van der Waals surface area (Å²) >= 11 is 0. The zero-order valence-electron chi connectivity index (χ0n) is 15.6. The maximum Gasteiger partial charge on any atom is 0.302 e. The number of rotatable bonds is 8. The Balaban J connectivity index is 2.87. The zero-order chi connectivity index (χ0) is 18.3. The topological polar surface area (TPSA) is 18.5 Å². The van der Waals surface area contributed by atoms with Gasteiger partial charge in [0.1, 0.15) is 0 Å². The van der Waals surface area contributed by atoms with Crippen molar-refractivity contribution in [3.63, 3.8) is 0 Å². The molecule has 2 nitrogen and oxygen atoms in total. The van der Waals surface area contributed by atoms with E-state index in [2.05, 4.69) is 90.0 Å². The quantitative estimate of drug-likeness (QED) is 0.653. The van der Waals surface area contributed by atoms with Crippen molar-refractivity contribution in [3.8, 4) is 0 Å². The van der Waals surface area contributed by atoms with Crippen molar-refractivity contribution in [2.75, 3.05) is 13.2 Å². The highest BCUT2D eigenvalue weighted by Crippen LogP contribution is 2.23. The summed E-state index contributed by atoms with van der Waals surface area (Å²) in [6.45, 7) is 9.65. The second-order valence-electron chi connectivity index (χ2n) is 6.24. The molecule has 0 spiro atoms. The smallest absolute Gasteiger partial charge is 0.302 e. The Bertz CT molecular complexity index is 637. The molecule has 0 atom stereocenters. The van der Waals surface area contributed by atoms with Crippen molar-refractivity contribution in [3.05, 3.63) is 71.9 Å². The third kappa shape index (κ3) is 4.12. The summed E-state index contributed by atoms with van der Waals surface area (Å²) in [5, 5.41) is 2.62. The van der Waals surface area contributed by atoms with Crippen LogP contribution in [-0.4, -0.2) is 38.2 Å². The van der Waals surface area contributed by atoms with Gasteiger partial charge in [-0.15, -0.1) is 0 Å². The van der Waals surface area contributed by atoms with E-state index < -0.39 is 15.2 Å². The van der Waals surface area contributed by atoms with Crippen molar-refractivity contribution in [1.82, 2.24) is 0 Å². The fraction of sp³-hybridized carbons (Fsp3) is 0.300. The summed E-state index contributed by atoms with van der Waals surface area (Å²) < 4.78 is 12.8. The van der Waals surface area contributed by atoms with Crippen LogP contribution in [0.1, 0.15) is 27.7 Å². The molecule has 3 radical (unpaired) electrons. The van der Waals surface area contributed by atoms with Crippen LogP contribution in [-0.2, 0) is 8.85 Å². The maximum atomic E-state index is 6.39. The summed E-state index contributed by atoms with van der Waals surface area (Å²) in [7, 11) is -1.06. The van der Waals surface area contributed by atoms with Gasteiger partial charge < -0.3 is 8.85 Å². The fourth-order valence-electron chi connectivity index (χ4n) is 3.32. The molecule has 25 heavy (non-hydrogen) atoms. The third-order valence-electron chi connectivity index (χ3n) is 4.18. The molecule has 0 amide bonds. The Morgan fingerprint density at radius 2 is 1.24 bits per heavy atom. The summed E-state index contributed by atoms with van der Waals surface area (Å²) in [6.07, 6.45) is 0. The highest BCUT2D eigenvalue weighted by Gasteiger charge is 2.57. The van der Waals surface area contributed by atoms with Crippen LogP contribution in [0, 0.1) is 0 Å². The SMILES string of the molecule is CCO[Si]([Si])(OCC)[Si](C=C(C)C)(c1ccccc1)c1ccccc1. The van der Waals surface area contributed by atoms with Crippen LogP contribution in [0.5, 0.6) is 0 Å². The van der Waals surface area contributed by atoms with Gasteiger partial charge in [-0.25, -0.2) is 0 Å². The number of hydrogen-bond donors (Lipinski definition) is 0. The molecule has 2 aromatic rings. The van der Waals surface area contributed by atoms with Crippen molar-refractivity contribution < 1.29 is 8.85 Å². The number of benzene rings is 2. The first-order chi connectivity index (χ1) is 12.0. The summed E-state index contributed by atoms with van der Waals surface area (Å²) in [6, 6.07) is 21.4. The Hall–Kier alpha value is -1.25. The van der Waals surface area contributed by atoms with Crippen LogP contribution in [0.3, 0.4) is 0 Å². The van der Waals surface area contributed by atoms with E-state index in [1.165, 1.54) is 15.9 Å². The monoisotopic (exact) mass is 383 g/mol. The molecule has 0 heterocycles. The van der Waals surface area contributed by atoms with E-state index in [4.69, 9.17) is 8.85 Å². The van der Waals surface area contributed by atoms with Gasteiger partial charge in [0.25, 0.3) is 0 Å². The molecule has 5 heteroatoms. The van der Waals surface area contributed by atoms with Crippen molar-refractivity contribution in [2.24, 2.45) is 0 Å². The number of allylic oxidation sites excluding steroid dienone is 1. The van der Waals surface area contributed by atoms with E-state index in [9.17, 15) is 0 Å². The normalized spacial score (nSPS) is 12.0. The first-order valence-electron chi connectivity index (χ1n) is 8.80. The Kier molecular flexibility index (Phi) is 7.15. The van der Waals surface area contributed by atoms with Crippen LogP contribution < -0.4 is 10.4 Å². The van der Waals surface area contributed by atoms with Gasteiger partial charge >= 0.3 is 7.60 Å². The van der Waals surface area contributed by atoms with Crippen molar-refractivity contribution >= 4 is 35.3 Å². The molecule has 0 aliphatic carbocycles. The molecule has 2 rings (SSSR count). The van der Waals surface area contributed by atoms with Gasteiger partial charge in [-0.2, -0.15) is 0 Å². The first-order valence-corrected chi connectivity index (χ1v) is 15.2. The molecule has 0 N–H and O–H groups in total. The molecule has 0 unspecified atom stereocenters. The molecule has 0 aliphatic heterocycles. The molecule has 2 aromatic carbocycles. The Morgan fingerprint density at radius 3 is 1.56 bits per heavy atom. The predicted octanol–water partition coefficient (Wildman–Crippen LogP) is 3.01. The lowest BCUT2D eigenvalue weighted by molar-refractivity contribution is 0.220. The Labute approximate surface area is 157 Å². The molecular weight excluding hydrogens is 356 g/mol. The molecule has 0 saturated heterocycles. The molecule has 0 fully saturated rings. The van der Waals surface area contributed by atoms with E-state index in [0.717, 1.165) is 0 Å². The van der Waals surface area contributed by atoms with Gasteiger partial charge in [-0.3, -0.25) is 0 Å². The van der Waals surface area contributed by atoms with E-state index in [-0.39, 0.29) is 0 Å². The second kappa shape index (κ2) is 8.91. The van der Waals surface area contributed by atoms with E-state index in [0.29, 0.717) is 13.2 Å². The molecule has 0 saturated carbocycles. The van der Waals surface area contributed by atoms with Gasteiger partial charge in [0.05, 0.1) is 9.76 Å². The van der Waals surface area contributed by atoms with Crippen LogP contribution in [0.15, 0.2) is 71.9 Å². The van der Waals surface area contributed by atoms with E-state index >= 15 is 0 Å². The molecule has 0 aromatic heterocycles. The summed E-state index contributed by atoms with van der Waals surface area (Å²) in [4.78, 5) is 0. The van der Waals surface area contributed by atoms with Gasteiger partial charge in [0, 0.05) is 13.2 Å². The minimum absolute atomic E-state index is 0.626. The minimum Gasteiger partial charge on any atom is -0.399 e. The third-order valence-corrected chi connectivity index (χ3v) is 20.7. The van der Waals surface area contributed by atoms with Gasteiger partial charge in [-0.1, -0.05) is 71.9 Å². The molecule has 131 valence electrons. The molecule has 0 bridgehead atoms. The average Bonchev–Trinajstić information content (AvgIpc) is 2.61. The van der Waals surface area contributed by atoms with Gasteiger partial charge in [0.15, 0.2) is 7.59 Å². The van der Waals surface area contributed by atoms with Gasteiger partial charge in [-0.05, 0) is 38.1 Å². The summed E-state index contributed by atoms with van der Waals surface area (Å²) in [5.41, 5.74) is 3.72. The average molecular weight is 384 g/mol. The summed E-state index contributed by atoms with van der Waals surface area (Å²) in [5.74, 6) is 0. The lowest BCUT2D eigenvalue weighted by atomic mass is 10.4. The van der Waals surface area contributed by atoms with Crippen molar-refractivity contribution in [1.29, 1.82) is 0 Å². The van der Waals surface area contributed by atoms with Gasteiger partial charge in [0.2, 0.25) is 0 Å². The first kappa shape index (κ1) is 20.1. The lowest BCUT2D eigenvalue weighted by Crippen LogP contribution is -2.79. The van der Waals surface area contributed by atoms with Crippen LogP contribution in [0.2, 0.25) is 0 Å². The Morgan fingerprint density at radius 1 is 0.840 bits per heavy atom. The van der Waals surface area contributed by atoms with E-state index in [1.54, 1.807) is 0 Å². The zero-order valence-corrected chi connectivity index (χ0v) is 18.6. The standard InChI is InChI=1S/C20H27O2Si3/c1-5-21-25(23,22-6-2)24(17-18(3)4,19-13-9-7-10-14-19)20-15-11-8-12-16-20/h7-17H,5-6H2,1-4H3. The highest BCUT2D eigenvalue weighted by molar-refractivity contribution is 7.62. The number of hydrogen-bond acceptors (Lipinski definition) is 2. The van der Waals surface area contributed by atoms with Crippen molar-refractivity contribution in [2.45, 2.75) is 27.7 Å². The van der Waals surface area contributed by atoms with Crippen LogP contribution in [0.25, 0.3) is 0 Å². The molecular formula is C20H27O2Si3.